The van der Waals surface area contributed by atoms with Gasteiger partial charge in [0.1, 0.15) is 4.71 Å². The van der Waals surface area contributed by atoms with Crippen molar-refractivity contribution >= 4 is 35.0 Å². The highest BCUT2D eigenvalue weighted by molar-refractivity contribution is 8.02. The summed E-state index contributed by atoms with van der Waals surface area (Å²) in [5.41, 5.74) is 5.94. The van der Waals surface area contributed by atoms with Crippen molar-refractivity contribution in [3.63, 3.8) is 0 Å². The van der Waals surface area contributed by atoms with Crippen LogP contribution < -0.4 is 5.73 Å². The Morgan fingerprint density at radius 1 is 1.54 bits per heavy atom. The molecule has 13 heavy (non-hydrogen) atoms. The number of alkyl halides is 1. The molecule has 1 aliphatic heterocycles. The van der Waals surface area contributed by atoms with E-state index in [9.17, 15) is 0 Å². The Morgan fingerprint density at radius 3 is 2.54 bits per heavy atom. The van der Waals surface area contributed by atoms with E-state index in [1.165, 1.54) is 4.90 Å². The number of hydrogen-bond acceptors (Lipinski definition) is 2. The molecule has 1 unspecified atom stereocenters. The summed E-state index contributed by atoms with van der Waals surface area (Å²) in [5.74, 6) is 0. The van der Waals surface area contributed by atoms with Crippen molar-refractivity contribution in [1.29, 1.82) is 0 Å². The van der Waals surface area contributed by atoms with Gasteiger partial charge in [0, 0.05) is 15.5 Å². The molecule has 72 valence electrons. The van der Waals surface area contributed by atoms with Crippen LogP contribution in [0.15, 0.2) is 23.1 Å². The SMILES string of the molecule is CCN.Clc1cccc2c1C(Cl)S2. The molecule has 1 nitrogen and oxygen atoms in total. The molecule has 2 rings (SSSR count). The zero-order chi connectivity index (χ0) is 9.84. The van der Waals surface area contributed by atoms with Crippen LogP contribution in [0.4, 0.5) is 0 Å². The highest BCUT2D eigenvalue weighted by atomic mass is 35.5. The molecule has 0 aliphatic carbocycles. The normalized spacial score (nSPS) is 18.0. The lowest BCUT2D eigenvalue weighted by molar-refractivity contribution is 1.14. The van der Waals surface area contributed by atoms with Crippen LogP contribution in [-0.2, 0) is 0 Å². The average Bonchev–Trinajstić information content (AvgIpc) is 2.03. The average molecular weight is 236 g/mol. The highest BCUT2D eigenvalue weighted by Crippen LogP contribution is 2.54. The van der Waals surface area contributed by atoms with E-state index in [-0.39, 0.29) is 4.71 Å². The fourth-order valence-corrected chi connectivity index (χ4v) is 2.92. The van der Waals surface area contributed by atoms with E-state index < -0.39 is 0 Å². The van der Waals surface area contributed by atoms with Gasteiger partial charge in [-0.05, 0) is 18.7 Å². The molecule has 0 aromatic heterocycles. The third kappa shape index (κ3) is 2.53. The molecule has 0 fully saturated rings. The minimum atomic E-state index is 0.0729. The van der Waals surface area contributed by atoms with E-state index in [0.717, 1.165) is 17.1 Å². The van der Waals surface area contributed by atoms with Crippen molar-refractivity contribution < 1.29 is 0 Å². The number of rotatable bonds is 0. The summed E-state index contributed by atoms with van der Waals surface area (Å²) in [6, 6.07) is 5.84. The summed E-state index contributed by atoms with van der Waals surface area (Å²) >= 11 is 13.4. The summed E-state index contributed by atoms with van der Waals surface area (Å²) < 4.78 is 0.0729. The Morgan fingerprint density at radius 2 is 2.15 bits per heavy atom. The standard InChI is InChI=1S/C7H4Cl2S.C2H7N/c8-4-2-1-3-5-6(4)7(9)10-5;1-2-3/h1-3,7H;2-3H2,1H3. The van der Waals surface area contributed by atoms with Crippen LogP contribution in [0.5, 0.6) is 0 Å². The second-order valence-electron chi connectivity index (χ2n) is 2.49. The molecule has 0 amide bonds. The van der Waals surface area contributed by atoms with E-state index in [0.29, 0.717) is 0 Å². The van der Waals surface area contributed by atoms with Crippen molar-refractivity contribution in [2.24, 2.45) is 5.73 Å². The van der Waals surface area contributed by atoms with Crippen LogP contribution >= 0.6 is 35.0 Å². The predicted molar refractivity (Wildman–Crippen MR) is 60.6 cm³/mol. The first kappa shape index (κ1) is 11.2. The molecule has 1 aromatic rings. The molecule has 4 heteroatoms. The van der Waals surface area contributed by atoms with Gasteiger partial charge in [-0.1, -0.05) is 24.6 Å². The van der Waals surface area contributed by atoms with E-state index in [2.05, 4.69) is 0 Å². The minimum absolute atomic E-state index is 0.0729. The maximum absolute atomic E-state index is 5.86. The zero-order valence-corrected chi connectivity index (χ0v) is 9.59. The Kier molecular flexibility index (Phi) is 4.39. The largest absolute Gasteiger partial charge is 0.331 e. The number of benzene rings is 1. The van der Waals surface area contributed by atoms with Gasteiger partial charge in [-0.2, -0.15) is 0 Å². The summed E-state index contributed by atoms with van der Waals surface area (Å²) in [4.78, 5) is 1.22. The van der Waals surface area contributed by atoms with Crippen LogP contribution in [-0.4, -0.2) is 6.54 Å². The Labute approximate surface area is 92.6 Å². The fraction of sp³-hybridized carbons (Fsp3) is 0.333. The molecule has 1 heterocycles. The van der Waals surface area contributed by atoms with Gasteiger partial charge in [0.05, 0.1) is 0 Å². The molecular weight excluding hydrogens is 225 g/mol. The van der Waals surface area contributed by atoms with Crippen LogP contribution in [0.3, 0.4) is 0 Å². The number of halogens is 2. The summed E-state index contributed by atoms with van der Waals surface area (Å²) in [5, 5.41) is 0.788. The maximum Gasteiger partial charge on any atom is 0.111 e. The number of nitrogens with two attached hydrogens (primary N) is 1. The monoisotopic (exact) mass is 235 g/mol. The summed E-state index contributed by atoms with van der Waals surface area (Å²) in [6.07, 6.45) is 0. The Balaban J connectivity index is 0.000000251. The van der Waals surface area contributed by atoms with Crippen molar-refractivity contribution in [2.45, 2.75) is 16.5 Å². The first-order valence-corrected chi connectivity index (χ1v) is 5.69. The summed E-state index contributed by atoms with van der Waals surface area (Å²) in [6.45, 7) is 2.65. The third-order valence-corrected chi connectivity index (χ3v) is 3.34. The number of hydrogen-bond donors (Lipinski definition) is 1. The lowest BCUT2D eigenvalue weighted by Crippen LogP contribution is -2.00. The van der Waals surface area contributed by atoms with Gasteiger partial charge in [-0.3, -0.25) is 0 Å². The van der Waals surface area contributed by atoms with Gasteiger partial charge in [0.15, 0.2) is 0 Å². The molecule has 0 bridgehead atoms. The van der Waals surface area contributed by atoms with E-state index in [1.54, 1.807) is 11.8 Å². The van der Waals surface area contributed by atoms with E-state index in [4.69, 9.17) is 28.9 Å². The fourth-order valence-electron chi connectivity index (χ4n) is 0.953. The van der Waals surface area contributed by atoms with Gasteiger partial charge >= 0.3 is 0 Å². The molecule has 1 aliphatic rings. The lowest BCUT2D eigenvalue weighted by Gasteiger charge is -2.24. The van der Waals surface area contributed by atoms with Gasteiger partial charge in [0.25, 0.3) is 0 Å². The van der Waals surface area contributed by atoms with Gasteiger partial charge in [-0.25, -0.2) is 0 Å². The second kappa shape index (κ2) is 5.11. The van der Waals surface area contributed by atoms with Crippen LogP contribution in [0.2, 0.25) is 5.02 Å². The van der Waals surface area contributed by atoms with Crippen molar-refractivity contribution in [3.8, 4) is 0 Å². The lowest BCUT2D eigenvalue weighted by atomic mass is 10.2. The maximum atomic E-state index is 5.86. The van der Waals surface area contributed by atoms with Gasteiger partial charge < -0.3 is 5.73 Å². The molecular formula is C9H11Cl2NS. The first-order chi connectivity index (χ1) is 6.20. The van der Waals surface area contributed by atoms with Crippen molar-refractivity contribution in [1.82, 2.24) is 0 Å². The molecule has 2 N–H and O–H groups in total. The predicted octanol–water partition coefficient (Wildman–Crippen LogP) is 3.65. The molecule has 1 aromatic carbocycles. The molecule has 0 saturated carbocycles. The van der Waals surface area contributed by atoms with Crippen LogP contribution in [0.25, 0.3) is 0 Å². The van der Waals surface area contributed by atoms with Crippen LogP contribution in [0, 0.1) is 0 Å². The van der Waals surface area contributed by atoms with Crippen molar-refractivity contribution in [3.05, 3.63) is 28.8 Å². The second-order valence-corrected chi connectivity index (χ2v) is 4.74. The molecule has 0 saturated heterocycles. The highest BCUT2D eigenvalue weighted by Gasteiger charge is 2.26. The molecule has 0 radical (unpaired) electrons. The topological polar surface area (TPSA) is 26.0 Å². The first-order valence-electron chi connectivity index (χ1n) is 4.00. The van der Waals surface area contributed by atoms with E-state index in [1.807, 2.05) is 25.1 Å². The van der Waals surface area contributed by atoms with Crippen molar-refractivity contribution in [2.75, 3.05) is 6.54 Å². The third-order valence-electron chi connectivity index (χ3n) is 1.47. The Hall–Kier alpha value is 0.110. The molecule has 0 spiro atoms. The number of thioether (sulfide) groups is 1. The zero-order valence-electron chi connectivity index (χ0n) is 7.26. The summed E-state index contributed by atoms with van der Waals surface area (Å²) in [7, 11) is 0. The Bertz CT molecular complexity index is 277. The quantitative estimate of drug-likeness (QED) is 0.696. The van der Waals surface area contributed by atoms with Gasteiger partial charge in [0.2, 0.25) is 0 Å². The number of fused-ring (bicyclic) bond motifs is 1. The molecule has 1 atom stereocenters. The van der Waals surface area contributed by atoms with E-state index >= 15 is 0 Å². The van der Waals surface area contributed by atoms with Crippen LogP contribution in [0.1, 0.15) is 17.2 Å². The van der Waals surface area contributed by atoms with Gasteiger partial charge in [-0.15, -0.1) is 23.4 Å². The minimum Gasteiger partial charge on any atom is -0.331 e. The smallest absolute Gasteiger partial charge is 0.111 e.